The molecule has 0 saturated carbocycles. The number of ether oxygens (including phenoxy) is 1. The third-order valence-electron chi connectivity index (χ3n) is 6.38. The van der Waals surface area contributed by atoms with Crippen LogP contribution in [0.15, 0.2) is 54.4 Å². The number of H-pyrrole nitrogens is 1. The quantitative estimate of drug-likeness (QED) is 0.536. The van der Waals surface area contributed by atoms with Gasteiger partial charge in [0.1, 0.15) is 5.69 Å². The molecule has 35 heavy (non-hydrogen) atoms. The average molecular weight is 496 g/mol. The molecular formula is C25H23ClFN5O3. The zero-order valence-corrected chi connectivity index (χ0v) is 19.7. The maximum atomic E-state index is 14.3. The van der Waals surface area contributed by atoms with Crippen LogP contribution >= 0.6 is 11.6 Å². The normalized spacial score (nSPS) is 18.8. The Bertz CT molecular complexity index is 1320. The van der Waals surface area contributed by atoms with Crippen LogP contribution in [-0.4, -0.2) is 45.0 Å². The molecule has 2 aliphatic heterocycles. The lowest BCUT2D eigenvalue weighted by Crippen LogP contribution is -2.45. The first-order valence-electron chi connectivity index (χ1n) is 11.2. The van der Waals surface area contributed by atoms with E-state index in [9.17, 15) is 14.0 Å². The second-order valence-electron chi connectivity index (χ2n) is 8.62. The highest BCUT2D eigenvalue weighted by molar-refractivity contribution is 6.30. The summed E-state index contributed by atoms with van der Waals surface area (Å²) in [5.74, 6) is -0.829. The summed E-state index contributed by atoms with van der Waals surface area (Å²) in [5.41, 5.74) is 2.46. The number of rotatable bonds is 6. The van der Waals surface area contributed by atoms with Crippen LogP contribution in [0.1, 0.15) is 35.3 Å². The van der Waals surface area contributed by atoms with Gasteiger partial charge in [-0.1, -0.05) is 29.8 Å². The molecule has 4 heterocycles. The number of methoxy groups -OCH3 is 1. The van der Waals surface area contributed by atoms with Crippen molar-refractivity contribution >= 4 is 23.4 Å². The largest absolute Gasteiger partial charge is 0.481 e. The fourth-order valence-electron chi connectivity index (χ4n) is 4.66. The maximum Gasteiger partial charge on any atom is 0.276 e. The van der Waals surface area contributed by atoms with Gasteiger partial charge in [-0.15, -0.1) is 0 Å². The SMILES string of the molecule is COc1cc(-c2cc(C(=O)N3C4=CCC3C[C@H](C(=O)NCc3cccc(Cl)c3)C4)[nH]n2)c(F)cn1. The standard InChI is InChI=1S/C25H23ClFN5O3/c1-35-23-10-19(20(27)13-28-23)21-11-22(31-30-21)25(34)32-17-5-6-18(32)9-15(8-17)24(33)29-12-14-3-2-4-16(26)7-14/h2-5,7,10-11,13,15,18H,6,8-9,12H2,1H3,(H,29,33)(H,30,31)/t15-,18?/m1/s1. The van der Waals surface area contributed by atoms with Crippen molar-refractivity contribution in [1.82, 2.24) is 25.4 Å². The minimum atomic E-state index is -0.566. The Morgan fingerprint density at radius 2 is 2.17 bits per heavy atom. The van der Waals surface area contributed by atoms with E-state index < -0.39 is 5.82 Å². The van der Waals surface area contributed by atoms with Crippen LogP contribution in [0.4, 0.5) is 4.39 Å². The first-order valence-corrected chi connectivity index (χ1v) is 11.6. The van der Waals surface area contributed by atoms with Crippen LogP contribution in [0.3, 0.4) is 0 Å². The summed E-state index contributed by atoms with van der Waals surface area (Å²) in [6.45, 7) is 0.398. The van der Waals surface area contributed by atoms with E-state index in [1.54, 1.807) is 11.0 Å². The Balaban J connectivity index is 1.25. The van der Waals surface area contributed by atoms with E-state index in [-0.39, 0.29) is 46.6 Å². The topological polar surface area (TPSA) is 100 Å². The number of carbonyl (C=O) groups excluding carboxylic acids is 2. The lowest BCUT2D eigenvalue weighted by molar-refractivity contribution is -0.126. The molecule has 1 unspecified atom stereocenters. The summed E-state index contributed by atoms with van der Waals surface area (Å²) in [7, 11) is 1.44. The number of aromatic nitrogens is 3. The number of hydrogen-bond donors (Lipinski definition) is 2. The van der Waals surface area contributed by atoms with Crippen LogP contribution in [0.2, 0.25) is 5.02 Å². The van der Waals surface area contributed by atoms with Gasteiger partial charge in [0.05, 0.1) is 19.0 Å². The van der Waals surface area contributed by atoms with Crippen molar-refractivity contribution in [2.45, 2.75) is 31.8 Å². The molecule has 2 amide bonds. The van der Waals surface area contributed by atoms with Crippen LogP contribution in [0.25, 0.3) is 11.3 Å². The maximum absolute atomic E-state index is 14.3. The van der Waals surface area contributed by atoms with Gasteiger partial charge in [-0.2, -0.15) is 5.10 Å². The summed E-state index contributed by atoms with van der Waals surface area (Å²) in [6.07, 6.45) is 4.79. The van der Waals surface area contributed by atoms with Gasteiger partial charge in [0.25, 0.3) is 5.91 Å². The zero-order chi connectivity index (χ0) is 24.5. The predicted octanol–water partition coefficient (Wildman–Crippen LogP) is 4.10. The van der Waals surface area contributed by atoms with Gasteiger partial charge in [0.15, 0.2) is 5.82 Å². The van der Waals surface area contributed by atoms with Gasteiger partial charge in [-0.05, 0) is 43.0 Å². The second kappa shape index (κ2) is 9.50. The Hall–Kier alpha value is -3.72. The van der Waals surface area contributed by atoms with Gasteiger partial charge < -0.3 is 15.0 Å². The molecule has 3 aromatic rings. The summed E-state index contributed by atoms with van der Waals surface area (Å²) < 4.78 is 19.3. The third kappa shape index (κ3) is 4.64. The number of aromatic amines is 1. The van der Waals surface area contributed by atoms with Crippen molar-refractivity contribution in [3.8, 4) is 17.1 Å². The molecule has 2 atom stereocenters. The van der Waals surface area contributed by atoms with Crippen LogP contribution in [0, 0.1) is 11.7 Å². The predicted molar refractivity (Wildman–Crippen MR) is 127 cm³/mol. The number of hydrogen-bond acceptors (Lipinski definition) is 5. The summed E-state index contributed by atoms with van der Waals surface area (Å²) >= 11 is 6.02. The first kappa shape index (κ1) is 23.0. The van der Waals surface area contributed by atoms with Crippen molar-refractivity contribution in [2.75, 3.05) is 7.11 Å². The molecule has 1 fully saturated rings. The van der Waals surface area contributed by atoms with E-state index in [1.807, 2.05) is 24.3 Å². The molecule has 8 nitrogen and oxygen atoms in total. The summed E-state index contributed by atoms with van der Waals surface area (Å²) in [4.78, 5) is 31.7. The molecule has 0 radical (unpaired) electrons. The molecule has 1 aromatic carbocycles. The number of benzene rings is 1. The lowest BCUT2D eigenvalue weighted by Gasteiger charge is -2.35. The van der Waals surface area contributed by atoms with Crippen molar-refractivity contribution in [3.05, 3.63) is 76.5 Å². The van der Waals surface area contributed by atoms with Crippen molar-refractivity contribution in [2.24, 2.45) is 5.92 Å². The van der Waals surface area contributed by atoms with Gasteiger partial charge in [-0.25, -0.2) is 9.37 Å². The molecular weight excluding hydrogens is 473 g/mol. The minimum absolute atomic E-state index is 0.0409. The first-order chi connectivity index (χ1) is 16.9. The monoisotopic (exact) mass is 495 g/mol. The van der Waals surface area contributed by atoms with E-state index in [4.69, 9.17) is 16.3 Å². The number of nitrogens with one attached hydrogen (secondary N) is 2. The molecule has 0 aliphatic carbocycles. The highest BCUT2D eigenvalue weighted by Gasteiger charge is 2.41. The molecule has 10 heteroatoms. The van der Waals surface area contributed by atoms with Crippen molar-refractivity contribution in [1.29, 1.82) is 0 Å². The second-order valence-corrected chi connectivity index (χ2v) is 9.05. The average Bonchev–Trinajstić information content (AvgIpc) is 3.45. The Labute approximate surface area is 206 Å². The van der Waals surface area contributed by atoms with Gasteiger partial charge in [-0.3, -0.25) is 14.7 Å². The molecule has 0 spiro atoms. The summed E-state index contributed by atoms with van der Waals surface area (Å²) in [5, 5.41) is 10.5. The zero-order valence-electron chi connectivity index (χ0n) is 18.9. The molecule has 2 bridgehead atoms. The number of fused-ring (bicyclic) bond motifs is 2. The third-order valence-corrected chi connectivity index (χ3v) is 6.62. The Morgan fingerprint density at radius 3 is 2.94 bits per heavy atom. The van der Waals surface area contributed by atoms with E-state index in [0.29, 0.717) is 30.8 Å². The van der Waals surface area contributed by atoms with E-state index in [2.05, 4.69) is 20.5 Å². The number of halogens is 2. The molecule has 2 aromatic heterocycles. The van der Waals surface area contributed by atoms with Crippen molar-refractivity contribution < 1.29 is 18.7 Å². The van der Waals surface area contributed by atoms with Crippen LogP contribution in [0.5, 0.6) is 5.88 Å². The number of nitrogens with zero attached hydrogens (tertiary/aromatic N) is 3. The highest BCUT2D eigenvalue weighted by Crippen LogP contribution is 2.39. The number of allylic oxidation sites excluding steroid dienone is 1. The number of amides is 2. The Kier molecular flexibility index (Phi) is 6.25. The van der Waals surface area contributed by atoms with Crippen LogP contribution < -0.4 is 10.1 Å². The van der Waals surface area contributed by atoms with E-state index in [0.717, 1.165) is 17.5 Å². The molecule has 2 N–H and O–H groups in total. The van der Waals surface area contributed by atoms with Crippen molar-refractivity contribution in [3.63, 3.8) is 0 Å². The number of pyridine rings is 1. The summed E-state index contributed by atoms with van der Waals surface area (Å²) in [6, 6.07) is 10.2. The highest BCUT2D eigenvalue weighted by atomic mass is 35.5. The smallest absolute Gasteiger partial charge is 0.276 e. The number of carbonyl (C=O) groups is 2. The van der Waals surface area contributed by atoms with E-state index >= 15 is 0 Å². The van der Waals surface area contributed by atoms with Gasteiger partial charge in [0, 0.05) is 40.9 Å². The van der Waals surface area contributed by atoms with Gasteiger partial charge >= 0.3 is 0 Å². The molecule has 5 rings (SSSR count). The molecule has 180 valence electrons. The lowest BCUT2D eigenvalue weighted by atomic mass is 9.90. The number of piperidine rings is 1. The molecule has 1 saturated heterocycles. The fraction of sp³-hybridized carbons (Fsp3) is 0.280. The Morgan fingerprint density at radius 1 is 1.31 bits per heavy atom. The van der Waals surface area contributed by atoms with Gasteiger partial charge in [0.2, 0.25) is 11.8 Å². The van der Waals surface area contributed by atoms with Crippen LogP contribution in [-0.2, 0) is 11.3 Å². The molecule has 2 aliphatic rings. The van der Waals surface area contributed by atoms with E-state index in [1.165, 1.54) is 19.2 Å². The fourth-order valence-corrected chi connectivity index (χ4v) is 4.87. The minimum Gasteiger partial charge on any atom is -0.481 e.